The fourth-order valence-corrected chi connectivity index (χ4v) is 4.05. The summed E-state index contributed by atoms with van der Waals surface area (Å²) < 4.78 is 0. The van der Waals surface area contributed by atoms with Gasteiger partial charge in [-0.1, -0.05) is 18.2 Å². The predicted molar refractivity (Wildman–Crippen MR) is 104 cm³/mol. The molecule has 1 aliphatic heterocycles. The van der Waals surface area contributed by atoms with Gasteiger partial charge in [-0.3, -0.25) is 4.99 Å². The van der Waals surface area contributed by atoms with Gasteiger partial charge in [-0.2, -0.15) is 0 Å². The maximum atomic E-state index is 4.44. The Morgan fingerprint density at radius 2 is 2.16 bits per heavy atom. The minimum Gasteiger partial charge on any atom is -0.351 e. The van der Waals surface area contributed by atoms with Gasteiger partial charge in [-0.15, -0.1) is 11.8 Å². The van der Waals surface area contributed by atoms with Gasteiger partial charge in [0.2, 0.25) is 0 Å². The molecule has 1 atom stereocenters. The normalized spacial score (nSPS) is 17.8. The van der Waals surface area contributed by atoms with Crippen molar-refractivity contribution in [2.45, 2.75) is 24.8 Å². The van der Waals surface area contributed by atoms with Crippen molar-refractivity contribution in [2.24, 2.45) is 10.9 Å². The number of aryl methyl sites for hydroxylation is 1. The van der Waals surface area contributed by atoms with Crippen molar-refractivity contribution in [2.75, 3.05) is 25.9 Å². The zero-order chi connectivity index (χ0) is 17.5. The number of benzene rings is 1. The van der Waals surface area contributed by atoms with E-state index in [2.05, 4.69) is 55.5 Å². The summed E-state index contributed by atoms with van der Waals surface area (Å²) in [5.74, 6) is 3.62. The van der Waals surface area contributed by atoms with Crippen LogP contribution in [0.5, 0.6) is 0 Å². The molecule has 1 N–H and O–H groups in total. The summed E-state index contributed by atoms with van der Waals surface area (Å²) in [5, 5.41) is 3.43. The summed E-state index contributed by atoms with van der Waals surface area (Å²) in [5.41, 5.74) is 0.990. The molecular formula is C19H25N5S. The quantitative estimate of drug-likeness (QED) is 0.508. The number of aliphatic imine (C=N–C) groups is 1. The second-order valence-electron chi connectivity index (χ2n) is 6.22. The second-order valence-corrected chi connectivity index (χ2v) is 7.31. The molecule has 1 fully saturated rings. The summed E-state index contributed by atoms with van der Waals surface area (Å²) in [6, 6.07) is 12.6. The standard InChI is InChI=1S/C19H25N5S/c1-15-21-10-8-17(23-15)12-22-19(20-2)24-11-9-16(13-24)14-25-18-6-4-3-5-7-18/h3-8,10,16H,9,11-14H2,1-2H3,(H,20,22). The molecule has 25 heavy (non-hydrogen) atoms. The van der Waals surface area contributed by atoms with Gasteiger partial charge in [0.05, 0.1) is 12.2 Å². The van der Waals surface area contributed by atoms with E-state index in [0.717, 1.165) is 36.3 Å². The molecule has 1 saturated heterocycles. The van der Waals surface area contributed by atoms with Crippen LogP contribution in [0.4, 0.5) is 0 Å². The molecule has 0 amide bonds. The molecule has 0 saturated carbocycles. The third-order valence-corrected chi connectivity index (χ3v) is 5.53. The predicted octanol–water partition coefficient (Wildman–Crippen LogP) is 2.97. The van der Waals surface area contributed by atoms with Crippen molar-refractivity contribution in [3.05, 3.63) is 54.1 Å². The van der Waals surface area contributed by atoms with Crippen molar-refractivity contribution >= 4 is 17.7 Å². The van der Waals surface area contributed by atoms with Crippen LogP contribution in [-0.4, -0.2) is 46.7 Å². The zero-order valence-corrected chi connectivity index (χ0v) is 15.7. The van der Waals surface area contributed by atoms with Crippen LogP contribution >= 0.6 is 11.8 Å². The fourth-order valence-electron chi connectivity index (χ4n) is 3.00. The monoisotopic (exact) mass is 355 g/mol. The molecule has 0 radical (unpaired) electrons. The van der Waals surface area contributed by atoms with E-state index in [0.29, 0.717) is 12.5 Å². The first kappa shape index (κ1) is 17.7. The fraction of sp³-hybridized carbons (Fsp3) is 0.421. The number of hydrogen-bond donors (Lipinski definition) is 1. The summed E-state index contributed by atoms with van der Waals surface area (Å²) >= 11 is 1.95. The molecule has 1 aromatic heterocycles. The Balaban J connectivity index is 1.48. The molecule has 0 spiro atoms. The lowest BCUT2D eigenvalue weighted by molar-refractivity contribution is 0.473. The summed E-state index contributed by atoms with van der Waals surface area (Å²) in [4.78, 5) is 16.7. The topological polar surface area (TPSA) is 53.4 Å². The van der Waals surface area contributed by atoms with Crippen LogP contribution in [0.2, 0.25) is 0 Å². The molecule has 1 aromatic carbocycles. The minimum absolute atomic E-state index is 0.677. The number of nitrogens with one attached hydrogen (secondary N) is 1. The highest BCUT2D eigenvalue weighted by molar-refractivity contribution is 7.99. The highest BCUT2D eigenvalue weighted by Gasteiger charge is 2.24. The molecule has 0 aliphatic carbocycles. The molecule has 132 valence electrons. The van der Waals surface area contributed by atoms with Gasteiger partial charge >= 0.3 is 0 Å². The Morgan fingerprint density at radius 1 is 1.32 bits per heavy atom. The Morgan fingerprint density at radius 3 is 2.92 bits per heavy atom. The first-order valence-electron chi connectivity index (χ1n) is 8.66. The van der Waals surface area contributed by atoms with Crippen LogP contribution in [0.25, 0.3) is 0 Å². The highest BCUT2D eigenvalue weighted by atomic mass is 32.2. The Hall–Kier alpha value is -2.08. The van der Waals surface area contributed by atoms with Crippen molar-refractivity contribution < 1.29 is 0 Å². The molecular weight excluding hydrogens is 330 g/mol. The van der Waals surface area contributed by atoms with Crippen LogP contribution in [0, 0.1) is 12.8 Å². The molecule has 2 aromatic rings. The van der Waals surface area contributed by atoms with Crippen molar-refractivity contribution in [1.82, 2.24) is 20.2 Å². The van der Waals surface area contributed by atoms with Gasteiger partial charge in [0.25, 0.3) is 0 Å². The van der Waals surface area contributed by atoms with Crippen LogP contribution in [-0.2, 0) is 6.54 Å². The highest BCUT2D eigenvalue weighted by Crippen LogP contribution is 2.25. The maximum Gasteiger partial charge on any atom is 0.193 e. The van der Waals surface area contributed by atoms with Crippen molar-refractivity contribution in [3.8, 4) is 0 Å². The SMILES string of the molecule is CN=C(NCc1ccnc(C)n1)N1CCC(CSc2ccccc2)C1. The number of hydrogen-bond acceptors (Lipinski definition) is 4. The van der Waals surface area contributed by atoms with Crippen LogP contribution < -0.4 is 5.32 Å². The smallest absolute Gasteiger partial charge is 0.193 e. The van der Waals surface area contributed by atoms with Crippen LogP contribution in [0.3, 0.4) is 0 Å². The number of nitrogens with zero attached hydrogens (tertiary/aromatic N) is 4. The largest absolute Gasteiger partial charge is 0.351 e. The molecule has 2 heterocycles. The number of guanidine groups is 1. The molecule has 3 rings (SSSR count). The van der Waals surface area contributed by atoms with Crippen molar-refractivity contribution in [3.63, 3.8) is 0 Å². The van der Waals surface area contributed by atoms with E-state index in [4.69, 9.17) is 0 Å². The molecule has 6 heteroatoms. The van der Waals surface area contributed by atoms with Crippen LogP contribution in [0.15, 0.2) is 52.5 Å². The molecule has 0 bridgehead atoms. The van der Waals surface area contributed by atoms with Gasteiger partial charge in [0.1, 0.15) is 5.82 Å². The lowest BCUT2D eigenvalue weighted by Crippen LogP contribution is -2.39. The maximum absolute atomic E-state index is 4.44. The average Bonchev–Trinajstić information content (AvgIpc) is 3.10. The summed E-state index contributed by atoms with van der Waals surface area (Å²) in [6.07, 6.45) is 3.02. The van der Waals surface area contributed by atoms with E-state index in [9.17, 15) is 0 Å². The van der Waals surface area contributed by atoms with Gasteiger partial charge < -0.3 is 10.2 Å². The van der Waals surface area contributed by atoms with Gasteiger partial charge in [0, 0.05) is 37.0 Å². The van der Waals surface area contributed by atoms with Gasteiger partial charge in [-0.25, -0.2) is 9.97 Å². The number of rotatable bonds is 5. The van der Waals surface area contributed by atoms with Gasteiger partial charge in [0.15, 0.2) is 5.96 Å². The molecule has 5 nitrogen and oxygen atoms in total. The average molecular weight is 356 g/mol. The van der Waals surface area contributed by atoms with Crippen LogP contribution in [0.1, 0.15) is 17.9 Å². The van der Waals surface area contributed by atoms with E-state index in [1.54, 1.807) is 6.20 Å². The van der Waals surface area contributed by atoms with E-state index in [1.807, 2.05) is 31.8 Å². The van der Waals surface area contributed by atoms with E-state index in [-0.39, 0.29) is 0 Å². The third kappa shape index (κ3) is 5.19. The summed E-state index contributed by atoms with van der Waals surface area (Å²) in [6.45, 7) is 4.70. The lowest BCUT2D eigenvalue weighted by Gasteiger charge is -2.21. The van der Waals surface area contributed by atoms with Crippen molar-refractivity contribution in [1.29, 1.82) is 0 Å². The summed E-state index contributed by atoms with van der Waals surface area (Å²) in [7, 11) is 1.85. The lowest BCUT2D eigenvalue weighted by atomic mass is 10.2. The molecule has 1 unspecified atom stereocenters. The first-order valence-corrected chi connectivity index (χ1v) is 9.65. The zero-order valence-electron chi connectivity index (χ0n) is 14.9. The number of aromatic nitrogens is 2. The van der Waals surface area contributed by atoms with Gasteiger partial charge in [-0.05, 0) is 37.5 Å². The first-order chi connectivity index (χ1) is 12.2. The Bertz CT molecular complexity index is 704. The minimum atomic E-state index is 0.677. The number of likely N-dealkylation sites (tertiary alicyclic amines) is 1. The van der Waals surface area contributed by atoms with E-state index < -0.39 is 0 Å². The third-order valence-electron chi connectivity index (χ3n) is 4.29. The number of thioether (sulfide) groups is 1. The van der Waals surface area contributed by atoms with E-state index in [1.165, 1.54) is 11.3 Å². The molecule has 1 aliphatic rings. The Labute approximate surface area is 154 Å². The van der Waals surface area contributed by atoms with E-state index >= 15 is 0 Å². The Kier molecular flexibility index (Phi) is 6.28. The second kappa shape index (κ2) is 8.85.